The topological polar surface area (TPSA) is 73.8 Å². The average Bonchev–Trinajstić information content (AvgIpc) is 3.18. The molecule has 3 aromatic rings. The summed E-state index contributed by atoms with van der Waals surface area (Å²) >= 11 is 0. The Morgan fingerprint density at radius 1 is 0.473 bits per heavy atom. The smallest absolute Gasteiger partial charge is 0.129 e. The van der Waals surface area contributed by atoms with E-state index in [1.807, 2.05) is 0 Å². The SMILES string of the molecule is COCc1cc(COC)cc(C2CCC(C(C)(C)C3CCC(c4cc(COC)c(OC)c(COC)c4)(c4cc(COC)c(OC)c(COC)c4)CC3)CC2)c1. The van der Waals surface area contributed by atoms with E-state index in [1.54, 1.807) is 56.9 Å². The molecule has 0 heterocycles. The molecule has 0 aromatic heterocycles. The van der Waals surface area contributed by atoms with Crippen LogP contribution < -0.4 is 9.47 Å². The van der Waals surface area contributed by atoms with Crippen LogP contribution in [0.3, 0.4) is 0 Å². The fraction of sp³-hybridized carbons (Fsp3) is 0.617. The first-order chi connectivity index (χ1) is 26.6. The van der Waals surface area contributed by atoms with Crippen LogP contribution in [0.15, 0.2) is 42.5 Å². The summed E-state index contributed by atoms with van der Waals surface area (Å²) in [6.45, 7) is 8.22. The Hall–Kier alpha value is -2.98. The molecule has 55 heavy (non-hydrogen) atoms. The van der Waals surface area contributed by atoms with E-state index in [0.29, 0.717) is 57.4 Å². The molecule has 0 atom stereocenters. The van der Waals surface area contributed by atoms with Crippen molar-refractivity contribution >= 4 is 0 Å². The minimum Gasteiger partial charge on any atom is -0.496 e. The molecular formula is C47H68O8. The number of hydrogen-bond acceptors (Lipinski definition) is 8. The van der Waals surface area contributed by atoms with Crippen molar-refractivity contribution in [2.45, 2.75) is 116 Å². The van der Waals surface area contributed by atoms with Crippen LogP contribution in [0, 0.1) is 17.3 Å². The van der Waals surface area contributed by atoms with Crippen LogP contribution in [0.25, 0.3) is 0 Å². The highest BCUT2D eigenvalue weighted by molar-refractivity contribution is 5.54. The molecule has 0 aliphatic heterocycles. The summed E-state index contributed by atoms with van der Waals surface area (Å²) in [6.07, 6.45) is 9.30. The van der Waals surface area contributed by atoms with Crippen molar-refractivity contribution in [2.75, 3.05) is 56.9 Å². The van der Waals surface area contributed by atoms with Crippen molar-refractivity contribution in [3.63, 3.8) is 0 Å². The van der Waals surface area contributed by atoms with Gasteiger partial charge in [-0.25, -0.2) is 0 Å². The molecule has 0 radical (unpaired) electrons. The molecule has 2 aliphatic rings. The van der Waals surface area contributed by atoms with Crippen LogP contribution in [-0.2, 0) is 73.5 Å². The van der Waals surface area contributed by atoms with Gasteiger partial charge in [0.05, 0.1) is 53.9 Å². The molecular weight excluding hydrogens is 693 g/mol. The van der Waals surface area contributed by atoms with Gasteiger partial charge < -0.3 is 37.9 Å². The lowest BCUT2D eigenvalue weighted by Crippen LogP contribution is -2.41. The van der Waals surface area contributed by atoms with Crippen molar-refractivity contribution in [1.29, 1.82) is 0 Å². The predicted molar refractivity (Wildman–Crippen MR) is 218 cm³/mol. The molecule has 0 spiro atoms. The average molecular weight is 761 g/mol. The number of hydrogen-bond donors (Lipinski definition) is 0. The van der Waals surface area contributed by atoms with Gasteiger partial charge in [0.1, 0.15) is 11.5 Å². The summed E-state index contributed by atoms with van der Waals surface area (Å²) in [5.74, 6) is 3.55. The number of benzene rings is 3. The van der Waals surface area contributed by atoms with E-state index < -0.39 is 0 Å². The molecule has 5 rings (SSSR count). The summed E-state index contributed by atoms with van der Waals surface area (Å²) in [4.78, 5) is 0. The highest BCUT2D eigenvalue weighted by atomic mass is 16.5. The Labute approximate surface area is 331 Å². The van der Waals surface area contributed by atoms with E-state index in [9.17, 15) is 0 Å². The molecule has 2 fully saturated rings. The zero-order chi connectivity index (χ0) is 39.6. The lowest BCUT2D eigenvalue weighted by molar-refractivity contribution is 0.0433. The van der Waals surface area contributed by atoms with Gasteiger partial charge in [-0.05, 0) is 127 Å². The third-order valence-electron chi connectivity index (χ3n) is 13.0. The maximum absolute atomic E-state index is 5.97. The first-order valence-corrected chi connectivity index (χ1v) is 20.1. The fourth-order valence-corrected chi connectivity index (χ4v) is 10.3. The lowest BCUT2D eigenvalue weighted by atomic mass is 9.54. The molecule has 8 heteroatoms. The molecule has 3 aromatic carbocycles. The predicted octanol–water partition coefficient (Wildman–Crippen LogP) is 10.1. The van der Waals surface area contributed by atoms with Gasteiger partial charge in [0.25, 0.3) is 0 Å². The molecule has 0 saturated heterocycles. The Morgan fingerprint density at radius 3 is 1.18 bits per heavy atom. The van der Waals surface area contributed by atoms with Gasteiger partial charge >= 0.3 is 0 Å². The second-order valence-electron chi connectivity index (χ2n) is 16.6. The van der Waals surface area contributed by atoms with Gasteiger partial charge in [0.2, 0.25) is 0 Å². The second kappa shape index (κ2) is 19.9. The third-order valence-corrected chi connectivity index (χ3v) is 13.0. The van der Waals surface area contributed by atoms with Gasteiger partial charge in [-0.15, -0.1) is 0 Å². The van der Waals surface area contributed by atoms with E-state index in [2.05, 4.69) is 56.3 Å². The Kier molecular flexibility index (Phi) is 15.6. The van der Waals surface area contributed by atoms with Crippen LogP contribution >= 0.6 is 0 Å². The fourth-order valence-electron chi connectivity index (χ4n) is 10.3. The van der Waals surface area contributed by atoms with Crippen LogP contribution in [0.4, 0.5) is 0 Å². The second-order valence-corrected chi connectivity index (χ2v) is 16.6. The third kappa shape index (κ3) is 9.60. The normalized spacial score (nSPS) is 19.1. The van der Waals surface area contributed by atoms with E-state index >= 15 is 0 Å². The van der Waals surface area contributed by atoms with Gasteiger partial charge in [0.15, 0.2) is 0 Å². The van der Waals surface area contributed by atoms with Crippen molar-refractivity contribution in [2.24, 2.45) is 17.3 Å². The largest absolute Gasteiger partial charge is 0.496 e. The zero-order valence-electron chi connectivity index (χ0n) is 35.4. The van der Waals surface area contributed by atoms with Gasteiger partial charge in [-0.1, -0.05) is 32.0 Å². The summed E-state index contributed by atoms with van der Waals surface area (Å²) in [7, 11) is 14.0. The molecule has 0 bridgehead atoms. The van der Waals surface area contributed by atoms with Gasteiger partial charge in [0, 0.05) is 70.3 Å². The van der Waals surface area contributed by atoms with E-state index in [1.165, 1.54) is 53.5 Å². The van der Waals surface area contributed by atoms with Gasteiger partial charge in [-0.2, -0.15) is 0 Å². The first-order valence-electron chi connectivity index (χ1n) is 20.1. The Morgan fingerprint density at radius 2 is 0.836 bits per heavy atom. The van der Waals surface area contributed by atoms with Crippen molar-refractivity contribution < 1.29 is 37.9 Å². The first kappa shape index (κ1) is 43.1. The minimum absolute atomic E-state index is 0.223. The van der Waals surface area contributed by atoms with Crippen molar-refractivity contribution in [1.82, 2.24) is 0 Å². The maximum atomic E-state index is 5.97. The number of methoxy groups -OCH3 is 8. The monoisotopic (exact) mass is 760 g/mol. The van der Waals surface area contributed by atoms with Crippen LogP contribution in [-0.4, -0.2) is 56.9 Å². The van der Waals surface area contributed by atoms with Crippen LogP contribution in [0.1, 0.15) is 121 Å². The summed E-state index contributed by atoms with van der Waals surface area (Å²) in [5.41, 5.74) is 10.6. The Bertz CT molecular complexity index is 1520. The highest BCUT2D eigenvalue weighted by Gasteiger charge is 2.46. The summed E-state index contributed by atoms with van der Waals surface area (Å²) in [6, 6.07) is 16.2. The van der Waals surface area contributed by atoms with Crippen LogP contribution in [0.5, 0.6) is 11.5 Å². The van der Waals surface area contributed by atoms with E-state index in [4.69, 9.17) is 37.9 Å². The molecule has 0 N–H and O–H groups in total. The maximum Gasteiger partial charge on any atom is 0.129 e. The zero-order valence-corrected chi connectivity index (χ0v) is 35.4. The highest BCUT2D eigenvalue weighted by Crippen LogP contribution is 2.56. The molecule has 2 saturated carbocycles. The van der Waals surface area contributed by atoms with E-state index in [0.717, 1.165) is 59.4 Å². The Balaban J connectivity index is 1.47. The number of ether oxygens (including phenoxy) is 8. The number of rotatable bonds is 19. The summed E-state index contributed by atoms with van der Waals surface area (Å²) < 4.78 is 45.9. The van der Waals surface area contributed by atoms with Crippen molar-refractivity contribution in [3.05, 3.63) is 92.5 Å². The van der Waals surface area contributed by atoms with Gasteiger partial charge in [-0.3, -0.25) is 0 Å². The molecule has 0 unspecified atom stereocenters. The minimum atomic E-state index is -0.244. The van der Waals surface area contributed by atoms with E-state index in [-0.39, 0.29) is 10.8 Å². The molecule has 0 amide bonds. The standard InChI is InChI=1S/C47H68O8/c1-46(2,40-13-11-34(12-14-40)35-20-32(26-48-3)19-33(21-35)27-49-4)41-15-17-47(18-16-41,42-22-36(28-50-5)44(54-9)37(23-42)29-51-6)43-24-38(30-52-7)45(55-10)39(25-43)31-53-8/h19-25,34,40-41H,11-18,26-31H2,1-10H3. The quantitative estimate of drug-likeness (QED) is 0.120. The molecule has 304 valence electrons. The van der Waals surface area contributed by atoms with Crippen LogP contribution in [0.2, 0.25) is 0 Å². The molecule has 8 nitrogen and oxygen atoms in total. The van der Waals surface area contributed by atoms with Crippen molar-refractivity contribution in [3.8, 4) is 11.5 Å². The molecule has 2 aliphatic carbocycles. The summed E-state index contributed by atoms with van der Waals surface area (Å²) in [5, 5.41) is 0. The lowest BCUT2D eigenvalue weighted by Gasteiger charge is -2.50.